The molecule has 1 aromatic heterocycles. The number of anilines is 1. The Balaban J connectivity index is 1.66. The number of hydrogen-bond acceptors (Lipinski definition) is 8. The van der Waals surface area contributed by atoms with Crippen molar-refractivity contribution in [1.29, 1.82) is 0 Å². The highest BCUT2D eigenvalue weighted by molar-refractivity contribution is 7.22. The zero-order valence-electron chi connectivity index (χ0n) is 15.7. The van der Waals surface area contributed by atoms with Gasteiger partial charge >= 0.3 is 5.97 Å². The third-order valence-electron chi connectivity index (χ3n) is 3.59. The first-order valence-corrected chi connectivity index (χ1v) is 9.71. The first-order valence-electron chi connectivity index (χ1n) is 8.89. The second kappa shape index (κ2) is 9.70. The molecule has 146 valence electrons. The first-order chi connectivity index (χ1) is 13.7. The van der Waals surface area contributed by atoms with Crippen molar-refractivity contribution in [2.75, 3.05) is 25.2 Å². The van der Waals surface area contributed by atoms with E-state index >= 15 is 0 Å². The van der Waals surface area contributed by atoms with Gasteiger partial charge in [0.1, 0.15) is 0 Å². The van der Waals surface area contributed by atoms with Gasteiger partial charge in [0.05, 0.1) is 29.6 Å². The molecule has 0 aliphatic heterocycles. The van der Waals surface area contributed by atoms with Gasteiger partial charge in [-0.3, -0.25) is 5.43 Å². The van der Waals surface area contributed by atoms with Crippen LogP contribution < -0.4 is 14.9 Å². The smallest absolute Gasteiger partial charge is 0.344 e. The number of aromatic nitrogens is 1. The predicted octanol–water partition coefficient (Wildman–Crippen LogP) is 4.08. The SMILES string of the molecule is CCOC(=O)COc1ccc(C=NNc2nc3ccccc3s2)cc1OCC. The summed E-state index contributed by atoms with van der Waals surface area (Å²) in [6.07, 6.45) is 1.67. The molecule has 8 heteroatoms. The van der Waals surface area contributed by atoms with Crippen LogP contribution in [0.3, 0.4) is 0 Å². The monoisotopic (exact) mass is 399 g/mol. The molecule has 2 aromatic carbocycles. The fourth-order valence-electron chi connectivity index (χ4n) is 2.41. The van der Waals surface area contributed by atoms with E-state index in [1.54, 1.807) is 25.3 Å². The number of hydrogen-bond donors (Lipinski definition) is 1. The zero-order valence-corrected chi connectivity index (χ0v) is 16.5. The molecule has 1 N–H and O–H groups in total. The largest absolute Gasteiger partial charge is 0.490 e. The topological polar surface area (TPSA) is 82.0 Å². The van der Waals surface area contributed by atoms with Gasteiger partial charge in [-0.05, 0) is 49.7 Å². The number of para-hydroxylation sites is 1. The van der Waals surface area contributed by atoms with Crippen molar-refractivity contribution in [3.05, 3.63) is 48.0 Å². The molecule has 0 unspecified atom stereocenters. The molecule has 0 amide bonds. The lowest BCUT2D eigenvalue weighted by Gasteiger charge is -2.12. The molecule has 3 aromatic rings. The highest BCUT2D eigenvalue weighted by Gasteiger charge is 2.09. The molecule has 0 aliphatic carbocycles. The van der Waals surface area contributed by atoms with E-state index < -0.39 is 5.97 Å². The van der Waals surface area contributed by atoms with Gasteiger partial charge in [0.2, 0.25) is 5.13 Å². The number of benzene rings is 2. The van der Waals surface area contributed by atoms with E-state index in [1.807, 2.05) is 37.3 Å². The molecule has 0 atom stereocenters. The standard InChI is InChI=1S/C20H21N3O4S/c1-3-25-17-11-14(9-10-16(17)27-13-19(24)26-4-2)12-21-23-20-22-15-7-5-6-8-18(15)28-20/h5-12H,3-4,13H2,1-2H3,(H,22,23). The minimum atomic E-state index is -0.421. The molecule has 0 fully saturated rings. The molecule has 0 saturated heterocycles. The van der Waals surface area contributed by atoms with Crippen molar-refractivity contribution >= 4 is 38.9 Å². The summed E-state index contributed by atoms with van der Waals surface area (Å²) in [5, 5.41) is 4.96. The average molecular weight is 399 g/mol. The Bertz CT molecular complexity index is 938. The molecule has 0 aliphatic rings. The Labute approximate surface area is 167 Å². The maximum atomic E-state index is 11.5. The fraction of sp³-hybridized carbons (Fsp3) is 0.250. The number of carbonyl (C=O) groups excluding carboxylic acids is 1. The molecular formula is C20H21N3O4S. The molecule has 0 radical (unpaired) electrons. The predicted molar refractivity (Wildman–Crippen MR) is 111 cm³/mol. The summed E-state index contributed by atoms with van der Waals surface area (Å²) in [4.78, 5) is 15.9. The first kappa shape index (κ1) is 19.6. The van der Waals surface area contributed by atoms with Crippen LogP contribution in [0.25, 0.3) is 10.2 Å². The summed E-state index contributed by atoms with van der Waals surface area (Å²) in [6, 6.07) is 13.3. The van der Waals surface area contributed by atoms with Gasteiger partial charge in [-0.15, -0.1) is 0 Å². The number of thiazole rings is 1. The van der Waals surface area contributed by atoms with E-state index in [9.17, 15) is 4.79 Å². The van der Waals surface area contributed by atoms with E-state index in [2.05, 4.69) is 15.5 Å². The number of ether oxygens (including phenoxy) is 3. The van der Waals surface area contributed by atoms with Gasteiger partial charge in [0, 0.05) is 0 Å². The highest BCUT2D eigenvalue weighted by atomic mass is 32.1. The van der Waals surface area contributed by atoms with Crippen molar-refractivity contribution in [3.8, 4) is 11.5 Å². The normalized spacial score (nSPS) is 10.9. The highest BCUT2D eigenvalue weighted by Crippen LogP contribution is 2.28. The summed E-state index contributed by atoms with van der Waals surface area (Å²) >= 11 is 1.53. The van der Waals surface area contributed by atoms with Crippen LogP contribution in [0, 0.1) is 0 Å². The maximum Gasteiger partial charge on any atom is 0.344 e. The second-order valence-electron chi connectivity index (χ2n) is 5.59. The molecule has 3 rings (SSSR count). The summed E-state index contributed by atoms with van der Waals surface area (Å²) in [6.45, 7) is 4.25. The van der Waals surface area contributed by atoms with Gasteiger partial charge in [-0.2, -0.15) is 5.10 Å². The summed E-state index contributed by atoms with van der Waals surface area (Å²) in [5.41, 5.74) is 4.70. The minimum absolute atomic E-state index is 0.166. The zero-order chi connectivity index (χ0) is 19.8. The van der Waals surface area contributed by atoms with Crippen LogP contribution in [0.4, 0.5) is 5.13 Å². The average Bonchev–Trinajstić information content (AvgIpc) is 3.10. The van der Waals surface area contributed by atoms with Crippen LogP contribution in [-0.2, 0) is 9.53 Å². The maximum absolute atomic E-state index is 11.5. The summed E-state index contributed by atoms with van der Waals surface area (Å²) in [5.74, 6) is 0.595. The van der Waals surface area contributed by atoms with Crippen molar-refractivity contribution in [2.24, 2.45) is 5.10 Å². The number of esters is 1. The summed E-state index contributed by atoms with van der Waals surface area (Å²) < 4.78 is 17.1. The molecule has 28 heavy (non-hydrogen) atoms. The lowest BCUT2D eigenvalue weighted by Crippen LogP contribution is -2.15. The number of fused-ring (bicyclic) bond motifs is 1. The van der Waals surface area contributed by atoms with Crippen LogP contribution in [0.1, 0.15) is 19.4 Å². The summed E-state index contributed by atoms with van der Waals surface area (Å²) in [7, 11) is 0. The lowest BCUT2D eigenvalue weighted by molar-refractivity contribution is -0.145. The second-order valence-corrected chi connectivity index (χ2v) is 6.62. The van der Waals surface area contributed by atoms with Crippen LogP contribution in [0.5, 0.6) is 11.5 Å². The Morgan fingerprint density at radius 1 is 1.14 bits per heavy atom. The van der Waals surface area contributed by atoms with Crippen LogP contribution in [-0.4, -0.2) is 37.0 Å². The van der Waals surface area contributed by atoms with E-state index in [4.69, 9.17) is 14.2 Å². The van der Waals surface area contributed by atoms with Gasteiger partial charge in [0.25, 0.3) is 0 Å². The van der Waals surface area contributed by atoms with Gasteiger partial charge in [-0.25, -0.2) is 9.78 Å². The Morgan fingerprint density at radius 3 is 2.79 bits per heavy atom. The molecule has 1 heterocycles. The molecule has 0 spiro atoms. The van der Waals surface area contributed by atoms with E-state index in [-0.39, 0.29) is 6.61 Å². The quantitative estimate of drug-likeness (QED) is 0.332. The van der Waals surface area contributed by atoms with Crippen molar-refractivity contribution < 1.29 is 19.0 Å². The minimum Gasteiger partial charge on any atom is -0.490 e. The molecule has 0 saturated carbocycles. The van der Waals surface area contributed by atoms with E-state index in [1.165, 1.54) is 11.3 Å². The Kier molecular flexibility index (Phi) is 6.80. The molecular weight excluding hydrogens is 378 g/mol. The van der Waals surface area contributed by atoms with E-state index in [0.717, 1.165) is 20.9 Å². The van der Waals surface area contributed by atoms with Gasteiger partial charge in [0.15, 0.2) is 18.1 Å². The van der Waals surface area contributed by atoms with Crippen LogP contribution in [0.2, 0.25) is 0 Å². The third kappa shape index (κ3) is 5.20. The number of carbonyl (C=O) groups is 1. The van der Waals surface area contributed by atoms with E-state index in [0.29, 0.717) is 24.7 Å². The number of nitrogens with one attached hydrogen (secondary N) is 1. The van der Waals surface area contributed by atoms with Crippen molar-refractivity contribution in [2.45, 2.75) is 13.8 Å². The van der Waals surface area contributed by atoms with Gasteiger partial charge < -0.3 is 14.2 Å². The number of hydrazone groups is 1. The van der Waals surface area contributed by atoms with Crippen LogP contribution >= 0.6 is 11.3 Å². The van der Waals surface area contributed by atoms with Crippen molar-refractivity contribution in [3.63, 3.8) is 0 Å². The molecule has 0 bridgehead atoms. The number of rotatable bonds is 9. The van der Waals surface area contributed by atoms with Crippen LogP contribution in [0.15, 0.2) is 47.6 Å². The Hall–Kier alpha value is -3.13. The lowest BCUT2D eigenvalue weighted by atomic mass is 10.2. The third-order valence-corrected chi connectivity index (χ3v) is 4.53. The molecule has 7 nitrogen and oxygen atoms in total. The van der Waals surface area contributed by atoms with Gasteiger partial charge in [-0.1, -0.05) is 23.5 Å². The fourth-order valence-corrected chi connectivity index (χ4v) is 3.23. The Morgan fingerprint density at radius 2 is 2.00 bits per heavy atom. The van der Waals surface area contributed by atoms with Crippen molar-refractivity contribution in [1.82, 2.24) is 4.98 Å². The number of nitrogens with zero attached hydrogens (tertiary/aromatic N) is 2.